The fraction of sp³-hybridized carbons (Fsp3) is 0.286. The van der Waals surface area contributed by atoms with E-state index in [4.69, 9.17) is 4.74 Å². The molecular weight excluding hydrogens is 260 g/mol. The second-order valence-electron chi connectivity index (χ2n) is 4.26. The van der Waals surface area contributed by atoms with Crippen molar-refractivity contribution < 1.29 is 19.4 Å². The van der Waals surface area contributed by atoms with Crippen LogP contribution in [0.3, 0.4) is 0 Å². The van der Waals surface area contributed by atoms with E-state index in [-0.39, 0.29) is 0 Å². The smallest absolute Gasteiger partial charge is 0.248 e. The summed E-state index contributed by atoms with van der Waals surface area (Å²) in [5.41, 5.74) is 1.54. The van der Waals surface area contributed by atoms with Crippen LogP contribution in [0.4, 0.5) is 11.4 Å². The lowest BCUT2D eigenvalue weighted by atomic mass is 10.2. The number of aliphatic carboxylic acids is 1. The molecule has 2 rings (SSSR count). The lowest BCUT2D eigenvalue weighted by molar-refractivity contribution is -0.297. The third-order valence-electron chi connectivity index (χ3n) is 2.88. The van der Waals surface area contributed by atoms with Crippen LogP contribution in [0.5, 0.6) is 0 Å². The van der Waals surface area contributed by atoms with Gasteiger partial charge in [0.2, 0.25) is 5.91 Å². The Morgan fingerprint density at radius 2 is 1.90 bits per heavy atom. The molecule has 0 aliphatic carbocycles. The molecule has 1 amide bonds. The molecule has 0 spiro atoms. The number of morpholine rings is 1. The van der Waals surface area contributed by atoms with E-state index >= 15 is 0 Å². The first-order valence-electron chi connectivity index (χ1n) is 6.28. The zero-order valence-corrected chi connectivity index (χ0v) is 10.9. The van der Waals surface area contributed by atoms with Gasteiger partial charge in [0.1, 0.15) is 0 Å². The minimum atomic E-state index is -1.40. The number of carboxylic acids is 1. The summed E-state index contributed by atoms with van der Waals surface area (Å²) in [6.07, 6.45) is 1.64. The van der Waals surface area contributed by atoms with Crippen LogP contribution in [0.15, 0.2) is 36.4 Å². The Bertz CT molecular complexity index is 522. The summed E-state index contributed by atoms with van der Waals surface area (Å²) in [5, 5.41) is 12.9. The van der Waals surface area contributed by atoms with E-state index in [0.29, 0.717) is 25.0 Å². The van der Waals surface area contributed by atoms with Crippen molar-refractivity contribution in [3.8, 4) is 0 Å². The number of carbonyl (C=O) groups excluding carboxylic acids is 2. The fourth-order valence-corrected chi connectivity index (χ4v) is 1.98. The number of carbonyl (C=O) groups is 2. The van der Waals surface area contributed by atoms with Crippen molar-refractivity contribution in [2.75, 3.05) is 36.5 Å². The van der Waals surface area contributed by atoms with Crippen LogP contribution in [0, 0.1) is 0 Å². The maximum absolute atomic E-state index is 11.6. The van der Waals surface area contributed by atoms with Crippen LogP contribution in [0.25, 0.3) is 0 Å². The predicted molar refractivity (Wildman–Crippen MR) is 72.3 cm³/mol. The van der Waals surface area contributed by atoms with Crippen molar-refractivity contribution in [3.05, 3.63) is 36.4 Å². The zero-order chi connectivity index (χ0) is 14.4. The summed E-state index contributed by atoms with van der Waals surface area (Å²) in [6, 6.07) is 7.37. The monoisotopic (exact) mass is 275 g/mol. The summed E-state index contributed by atoms with van der Waals surface area (Å²) in [7, 11) is 0. The van der Waals surface area contributed by atoms with Gasteiger partial charge in [-0.1, -0.05) is 12.1 Å². The number of para-hydroxylation sites is 2. The molecule has 6 nitrogen and oxygen atoms in total. The fourth-order valence-electron chi connectivity index (χ4n) is 1.98. The number of nitrogens with zero attached hydrogens (tertiary/aromatic N) is 1. The number of ether oxygens (including phenoxy) is 1. The Morgan fingerprint density at radius 3 is 2.60 bits per heavy atom. The first kappa shape index (κ1) is 14.1. The molecule has 1 aliphatic rings. The molecule has 0 saturated carbocycles. The van der Waals surface area contributed by atoms with Crippen molar-refractivity contribution in [1.82, 2.24) is 0 Å². The average Bonchev–Trinajstić information content (AvgIpc) is 2.47. The second-order valence-corrected chi connectivity index (χ2v) is 4.26. The molecule has 1 N–H and O–H groups in total. The van der Waals surface area contributed by atoms with Crippen LogP contribution in [-0.4, -0.2) is 38.2 Å². The quantitative estimate of drug-likeness (QED) is 0.767. The number of hydrogen-bond donors (Lipinski definition) is 1. The number of carboxylic acid groups (broad SMARTS) is 1. The Balaban J connectivity index is 2.11. The van der Waals surface area contributed by atoms with Crippen LogP contribution >= 0.6 is 0 Å². The maximum Gasteiger partial charge on any atom is 0.248 e. The highest BCUT2D eigenvalue weighted by atomic mass is 16.5. The first-order chi connectivity index (χ1) is 9.66. The number of nitrogens with one attached hydrogen (secondary N) is 1. The van der Waals surface area contributed by atoms with E-state index in [1.165, 1.54) is 0 Å². The Hall–Kier alpha value is -2.34. The van der Waals surface area contributed by atoms with Gasteiger partial charge in [0.05, 0.1) is 30.6 Å². The molecular formula is C14H15N2O4-. The second kappa shape index (κ2) is 6.72. The van der Waals surface area contributed by atoms with E-state index in [1.54, 1.807) is 6.07 Å². The summed E-state index contributed by atoms with van der Waals surface area (Å²) >= 11 is 0. The molecule has 0 unspecified atom stereocenters. The highest BCUT2D eigenvalue weighted by Crippen LogP contribution is 2.26. The van der Waals surface area contributed by atoms with Crippen LogP contribution < -0.4 is 15.3 Å². The highest BCUT2D eigenvalue weighted by Gasteiger charge is 2.14. The van der Waals surface area contributed by atoms with Gasteiger partial charge in [-0.15, -0.1) is 0 Å². The molecule has 0 atom stereocenters. The minimum absolute atomic E-state index is 0.505. The molecule has 1 fully saturated rings. The molecule has 0 radical (unpaired) electrons. The number of rotatable bonds is 4. The molecule has 0 bridgehead atoms. The molecule has 1 aromatic carbocycles. The average molecular weight is 275 g/mol. The van der Waals surface area contributed by atoms with Gasteiger partial charge in [-0.05, 0) is 18.2 Å². The first-order valence-corrected chi connectivity index (χ1v) is 6.28. The summed E-state index contributed by atoms with van der Waals surface area (Å²) in [4.78, 5) is 24.0. The number of amides is 1. The SMILES string of the molecule is O=C([O-])C=CC(=O)Nc1ccccc1N1CCOCC1. The van der Waals surface area contributed by atoms with Gasteiger partial charge < -0.3 is 24.9 Å². The van der Waals surface area contributed by atoms with Gasteiger partial charge in [-0.2, -0.15) is 0 Å². The van der Waals surface area contributed by atoms with Crippen molar-refractivity contribution in [3.63, 3.8) is 0 Å². The number of anilines is 2. The Kier molecular flexibility index (Phi) is 4.73. The lowest BCUT2D eigenvalue weighted by Crippen LogP contribution is -2.36. The minimum Gasteiger partial charge on any atom is -0.545 e. The van der Waals surface area contributed by atoms with Gasteiger partial charge in [0, 0.05) is 19.2 Å². The third kappa shape index (κ3) is 3.83. The van der Waals surface area contributed by atoms with Gasteiger partial charge in [0.15, 0.2) is 0 Å². The topological polar surface area (TPSA) is 81.7 Å². The van der Waals surface area contributed by atoms with Gasteiger partial charge in [-0.25, -0.2) is 0 Å². The molecule has 1 aliphatic heterocycles. The molecule has 20 heavy (non-hydrogen) atoms. The molecule has 0 aromatic heterocycles. The molecule has 1 saturated heterocycles. The van der Waals surface area contributed by atoms with Gasteiger partial charge in [0.25, 0.3) is 0 Å². The normalized spacial score (nSPS) is 15.3. The van der Waals surface area contributed by atoms with Crippen LogP contribution in [0.2, 0.25) is 0 Å². The Labute approximate surface area is 116 Å². The van der Waals surface area contributed by atoms with E-state index in [9.17, 15) is 14.7 Å². The molecule has 1 heterocycles. The zero-order valence-electron chi connectivity index (χ0n) is 10.9. The standard InChI is InChI=1S/C14H16N2O4/c17-13(5-6-14(18)19)15-11-3-1-2-4-12(11)16-7-9-20-10-8-16/h1-6H,7-10H2,(H,15,17)(H,18,19)/p-1. The summed E-state index contributed by atoms with van der Waals surface area (Å²) < 4.78 is 5.29. The molecule has 6 heteroatoms. The van der Waals surface area contributed by atoms with E-state index in [1.807, 2.05) is 18.2 Å². The molecule has 106 valence electrons. The number of hydrogen-bond acceptors (Lipinski definition) is 5. The maximum atomic E-state index is 11.6. The summed E-state index contributed by atoms with van der Waals surface area (Å²) in [6.45, 7) is 2.79. The van der Waals surface area contributed by atoms with E-state index in [0.717, 1.165) is 24.9 Å². The van der Waals surface area contributed by atoms with Crippen molar-refractivity contribution in [2.24, 2.45) is 0 Å². The lowest BCUT2D eigenvalue weighted by Gasteiger charge is -2.30. The van der Waals surface area contributed by atoms with Crippen molar-refractivity contribution in [2.45, 2.75) is 0 Å². The van der Waals surface area contributed by atoms with Crippen molar-refractivity contribution in [1.29, 1.82) is 0 Å². The summed E-state index contributed by atoms with van der Waals surface area (Å²) in [5.74, 6) is -1.91. The Morgan fingerprint density at radius 1 is 1.20 bits per heavy atom. The van der Waals surface area contributed by atoms with E-state index in [2.05, 4.69) is 10.2 Å². The number of benzene rings is 1. The van der Waals surface area contributed by atoms with Crippen LogP contribution in [-0.2, 0) is 14.3 Å². The van der Waals surface area contributed by atoms with Crippen LogP contribution in [0.1, 0.15) is 0 Å². The van der Waals surface area contributed by atoms with Gasteiger partial charge >= 0.3 is 0 Å². The highest BCUT2D eigenvalue weighted by molar-refractivity contribution is 6.03. The van der Waals surface area contributed by atoms with Crippen molar-refractivity contribution >= 4 is 23.3 Å². The van der Waals surface area contributed by atoms with Gasteiger partial charge in [-0.3, -0.25) is 4.79 Å². The molecule has 1 aromatic rings. The largest absolute Gasteiger partial charge is 0.545 e. The van der Waals surface area contributed by atoms with E-state index < -0.39 is 11.9 Å². The predicted octanol–water partition coefficient (Wildman–Crippen LogP) is -0.232. The third-order valence-corrected chi connectivity index (χ3v) is 2.88.